The number of amides is 2. The van der Waals surface area contributed by atoms with Gasteiger partial charge in [-0.1, -0.05) is 18.2 Å². The second-order valence-electron chi connectivity index (χ2n) is 5.18. The number of urea groups is 1. The minimum atomic E-state index is -0.171. The second-order valence-corrected chi connectivity index (χ2v) is 6.01. The SMILES string of the molecule is COc1ccccc1CCNC(=O)NCCc1csc2ncnn12. The molecular formula is C16H19N5O2S. The molecule has 2 N–H and O–H groups in total. The number of methoxy groups -OCH3 is 1. The van der Waals surface area contributed by atoms with E-state index in [2.05, 4.69) is 20.7 Å². The summed E-state index contributed by atoms with van der Waals surface area (Å²) in [5, 5.41) is 11.9. The van der Waals surface area contributed by atoms with Crippen molar-refractivity contribution in [3.63, 3.8) is 0 Å². The molecule has 0 spiro atoms. The molecule has 0 atom stereocenters. The summed E-state index contributed by atoms with van der Waals surface area (Å²) in [7, 11) is 1.65. The Hall–Kier alpha value is -2.61. The number of para-hydroxylation sites is 1. The van der Waals surface area contributed by atoms with Crippen molar-refractivity contribution in [3.8, 4) is 5.75 Å². The topological polar surface area (TPSA) is 80.5 Å². The molecular weight excluding hydrogens is 326 g/mol. The summed E-state index contributed by atoms with van der Waals surface area (Å²) in [6.07, 6.45) is 2.97. The Kier molecular flexibility index (Phi) is 5.27. The fraction of sp³-hybridized carbons (Fsp3) is 0.312. The van der Waals surface area contributed by atoms with Gasteiger partial charge in [-0.05, 0) is 18.1 Å². The molecule has 0 saturated carbocycles. The number of benzene rings is 1. The standard InChI is InChI=1S/C16H19N5O2S/c1-23-14-5-3-2-4-12(14)6-8-17-15(22)18-9-7-13-10-24-16-19-11-20-21(13)16/h2-5,10-11H,6-9H2,1H3,(H2,17,18,22). The van der Waals surface area contributed by atoms with E-state index >= 15 is 0 Å². The van der Waals surface area contributed by atoms with Gasteiger partial charge >= 0.3 is 6.03 Å². The number of nitrogens with zero attached hydrogens (tertiary/aromatic N) is 3. The molecule has 3 rings (SSSR count). The van der Waals surface area contributed by atoms with Gasteiger partial charge in [-0.15, -0.1) is 11.3 Å². The normalized spacial score (nSPS) is 10.7. The molecule has 3 aromatic rings. The summed E-state index contributed by atoms with van der Waals surface area (Å²) < 4.78 is 7.09. The van der Waals surface area contributed by atoms with Crippen LogP contribution in [0.3, 0.4) is 0 Å². The number of thiazole rings is 1. The predicted molar refractivity (Wildman–Crippen MR) is 92.7 cm³/mol. The number of aromatic nitrogens is 3. The lowest BCUT2D eigenvalue weighted by Crippen LogP contribution is -2.37. The lowest BCUT2D eigenvalue weighted by atomic mass is 10.1. The third-order valence-electron chi connectivity index (χ3n) is 3.63. The van der Waals surface area contributed by atoms with Crippen molar-refractivity contribution in [1.29, 1.82) is 0 Å². The van der Waals surface area contributed by atoms with Gasteiger partial charge in [0, 0.05) is 24.9 Å². The molecule has 0 saturated heterocycles. The van der Waals surface area contributed by atoms with Gasteiger partial charge in [-0.3, -0.25) is 0 Å². The van der Waals surface area contributed by atoms with Crippen molar-refractivity contribution in [1.82, 2.24) is 25.2 Å². The lowest BCUT2D eigenvalue weighted by Gasteiger charge is -2.10. The number of carbonyl (C=O) groups is 1. The maximum absolute atomic E-state index is 11.8. The third kappa shape index (κ3) is 3.83. The minimum absolute atomic E-state index is 0.171. The van der Waals surface area contributed by atoms with Gasteiger partial charge in [0.15, 0.2) is 0 Å². The van der Waals surface area contributed by atoms with Gasteiger partial charge in [0.05, 0.1) is 12.8 Å². The molecule has 0 radical (unpaired) electrons. The minimum Gasteiger partial charge on any atom is -0.496 e. The molecule has 0 unspecified atom stereocenters. The van der Waals surface area contributed by atoms with Crippen LogP contribution in [0.5, 0.6) is 5.75 Å². The highest BCUT2D eigenvalue weighted by molar-refractivity contribution is 7.15. The van der Waals surface area contributed by atoms with Gasteiger partial charge in [-0.2, -0.15) is 5.10 Å². The second kappa shape index (κ2) is 7.78. The number of rotatable bonds is 7. The van der Waals surface area contributed by atoms with E-state index in [4.69, 9.17) is 4.74 Å². The molecule has 126 valence electrons. The van der Waals surface area contributed by atoms with Crippen molar-refractivity contribution in [2.75, 3.05) is 20.2 Å². The monoisotopic (exact) mass is 345 g/mol. The van der Waals surface area contributed by atoms with Crippen molar-refractivity contribution >= 4 is 22.3 Å². The van der Waals surface area contributed by atoms with E-state index in [1.165, 1.54) is 6.33 Å². The fourth-order valence-corrected chi connectivity index (χ4v) is 3.26. The van der Waals surface area contributed by atoms with Gasteiger partial charge < -0.3 is 15.4 Å². The van der Waals surface area contributed by atoms with Crippen molar-refractivity contribution < 1.29 is 9.53 Å². The molecule has 2 aromatic heterocycles. The first-order valence-corrected chi connectivity index (χ1v) is 8.55. The molecule has 0 bridgehead atoms. The average Bonchev–Trinajstić information content (AvgIpc) is 3.20. The Balaban J connectivity index is 1.39. The van der Waals surface area contributed by atoms with Crippen LogP contribution < -0.4 is 15.4 Å². The Morgan fingerprint density at radius 3 is 2.88 bits per heavy atom. The molecule has 1 aromatic carbocycles. The molecule has 7 nitrogen and oxygen atoms in total. The number of carbonyl (C=O) groups excluding carboxylic acids is 1. The summed E-state index contributed by atoms with van der Waals surface area (Å²) in [5.41, 5.74) is 2.12. The van der Waals surface area contributed by atoms with Crippen LogP contribution in [-0.2, 0) is 12.8 Å². The maximum Gasteiger partial charge on any atom is 0.314 e. The Morgan fingerprint density at radius 2 is 2.04 bits per heavy atom. The van der Waals surface area contributed by atoms with E-state index in [9.17, 15) is 4.79 Å². The van der Waals surface area contributed by atoms with Gasteiger partial charge in [0.25, 0.3) is 0 Å². The quantitative estimate of drug-likeness (QED) is 0.685. The summed E-state index contributed by atoms with van der Waals surface area (Å²) in [6, 6.07) is 7.64. The van der Waals surface area contributed by atoms with Crippen LogP contribution >= 0.6 is 11.3 Å². The number of fused-ring (bicyclic) bond motifs is 1. The van der Waals surface area contributed by atoms with Crippen LogP contribution in [0.2, 0.25) is 0 Å². The van der Waals surface area contributed by atoms with Crippen LogP contribution in [0.25, 0.3) is 4.96 Å². The third-order valence-corrected chi connectivity index (χ3v) is 4.51. The summed E-state index contributed by atoms with van der Waals surface area (Å²) in [4.78, 5) is 16.8. The molecule has 2 heterocycles. The van der Waals surface area contributed by atoms with Gasteiger partial charge in [0.2, 0.25) is 4.96 Å². The van der Waals surface area contributed by atoms with Crippen molar-refractivity contribution in [3.05, 3.63) is 47.2 Å². The van der Waals surface area contributed by atoms with Gasteiger partial charge in [0.1, 0.15) is 12.1 Å². The average molecular weight is 345 g/mol. The van der Waals surface area contributed by atoms with Crippen molar-refractivity contribution in [2.24, 2.45) is 0 Å². The molecule has 2 amide bonds. The Labute approximate surface area is 143 Å². The van der Waals surface area contributed by atoms with Crippen LogP contribution in [0, 0.1) is 0 Å². The molecule has 0 aliphatic carbocycles. The molecule has 0 aliphatic heterocycles. The zero-order valence-corrected chi connectivity index (χ0v) is 14.2. The maximum atomic E-state index is 11.8. The van der Waals surface area contributed by atoms with E-state index in [1.807, 2.05) is 29.6 Å². The highest BCUT2D eigenvalue weighted by Crippen LogP contribution is 2.17. The predicted octanol–water partition coefficient (Wildman–Crippen LogP) is 1.88. The number of ether oxygens (including phenoxy) is 1. The molecule has 0 fully saturated rings. The highest BCUT2D eigenvalue weighted by atomic mass is 32.1. The summed E-state index contributed by atoms with van der Waals surface area (Å²) >= 11 is 1.54. The molecule has 0 aliphatic rings. The van der Waals surface area contributed by atoms with Crippen molar-refractivity contribution in [2.45, 2.75) is 12.8 Å². The van der Waals surface area contributed by atoms with Crippen LogP contribution in [0.4, 0.5) is 4.79 Å². The van der Waals surface area contributed by atoms with E-state index in [1.54, 1.807) is 23.0 Å². The van der Waals surface area contributed by atoms with Crippen LogP contribution in [0.1, 0.15) is 11.3 Å². The zero-order chi connectivity index (χ0) is 16.8. The van der Waals surface area contributed by atoms with E-state index < -0.39 is 0 Å². The fourth-order valence-electron chi connectivity index (χ4n) is 2.43. The lowest BCUT2D eigenvalue weighted by molar-refractivity contribution is 0.241. The van der Waals surface area contributed by atoms with Crippen LogP contribution in [0.15, 0.2) is 36.0 Å². The number of hydrogen-bond acceptors (Lipinski definition) is 5. The van der Waals surface area contributed by atoms with E-state index in [0.717, 1.165) is 28.4 Å². The summed E-state index contributed by atoms with van der Waals surface area (Å²) in [5.74, 6) is 0.842. The Morgan fingerprint density at radius 1 is 1.25 bits per heavy atom. The Bertz CT molecular complexity index is 814. The van der Waals surface area contributed by atoms with E-state index in [-0.39, 0.29) is 6.03 Å². The zero-order valence-electron chi connectivity index (χ0n) is 13.4. The first-order valence-electron chi connectivity index (χ1n) is 7.67. The highest BCUT2D eigenvalue weighted by Gasteiger charge is 2.06. The first-order chi connectivity index (χ1) is 11.8. The molecule has 8 heteroatoms. The number of hydrogen-bond donors (Lipinski definition) is 2. The van der Waals surface area contributed by atoms with E-state index in [0.29, 0.717) is 19.5 Å². The largest absolute Gasteiger partial charge is 0.496 e. The number of nitrogens with one attached hydrogen (secondary N) is 2. The first kappa shape index (κ1) is 16.3. The van der Waals surface area contributed by atoms with Gasteiger partial charge in [-0.25, -0.2) is 14.3 Å². The smallest absolute Gasteiger partial charge is 0.314 e. The molecule has 24 heavy (non-hydrogen) atoms. The van der Waals surface area contributed by atoms with Crippen LogP contribution in [-0.4, -0.2) is 40.8 Å². The summed E-state index contributed by atoms with van der Waals surface area (Å²) in [6.45, 7) is 1.10.